The summed E-state index contributed by atoms with van der Waals surface area (Å²) in [6, 6.07) is 5.52. The summed E-state index contributed by atoms with van der Waals surface area (Å²) < 4.78 is 5.06. The number of hydrogen-bond donors (Lipinski definition) is 2. The molecular formula is C16H20N4O3. The van der Waals surface area contributed by atoms with E-state index >= 15 is 0 Å². The Morgan fingerprint density at radius 3 is 2.87 bits per heavy atom. The Morgan fingerprint density at radius 1 is 1.39 bits per heavy atom. The van der Waals surface area contributed by atoms with E-state index in [-0.39, 0.29) is 18.5 Å². The Hall–Kier alpha value is -2.41. The summed E-state index contributed by atoms with van der Waals surface area (Å²) in [6.07, 6.45) is 0.370. The number of benzene rings is 1. The van der Waals surface area contributed by atoms with E-state index in [1.807, 2.05) is 32.0 Å². The van der Waals surface area contributed by atoms with Gasteiger partial charge in [0.1, 0.15) is 0 Å². The summed E-state index contributed by atoms with van der Waals surface area (Å²) in [6.45, 7) is 6.21. The number of carbonyl (C=O) groups is 1. The van der Waals surface area contributed by atoms with E-state index in [1.165, 1.54) is 0 Å². The Morgan fingerprint density at radius 2 is 2.17 bits per heavy atom. The van der Waals surface area contributed by atoms with Gasteiger partial charge in [-0.1, -0.05) is 17.3 Å². The summed E-state index contributed by atoms with van der Waals surface area (Å²) in [5, 5.41) is 17.2. The number of aliphatic hydroxyl groups is 1. The van der Waals surface area contributed by atoms with E-state index < -0.39 is 5.60 Å². The predicted molar refractivity (Wildman–Crippen MR) is 84.1 cm³/mol. The molecule has 1 aliphatic rings. The normalized spacial score (nSPS) is 20.8. The van der Waals surface area contributed by atoms with Gasteiger partial charge in [-0.05, 0) is 38.0 Å². The number of nitrogens with zero attached hydrogens (tertiary/aromatic N) is 3. The second kappa shape index (κ2) is 5.66. The van der Waals surface area contributed by atoms with Gasteiger partial charge in [0.2, 0.25) is 0 Å². The number of anilines is 1. The summed E-state index contributed by atoms with van der Waals surface area (Å²) in [4.78, 5) is 18.1. The van der Waals surface area contributed by atoms with Gasteiger partial charge in [-0.2, -0.15) is 4.98 Å². The number of nitrogens with one attached hydrogen (secondary N) is 1. The fourth-order valence-electron chi connectivity index (χ4n) is 2.71. The minimum absolute atomic E-state index is 0.130. The van der Waals surface area contributed by atoms with Crippen LogP contribution >= 0.6 is 0 Å². The molecule has 122 valence electrons. The van der Waals surface area contributed by atoms with Crippen LogP contribution < -0.4 is 5.32 Å². The van der Waals surface area contributed by atoms with Crippen molar-refractivity contribution in [2.24, 2.45) is 0 Å². The maximum absolute atomic E-state index is 12.4. The van der Waals surface area contributed by atoms with Crippen molar-refractivity contribution in [3.05, 3.63) is 41.0 Å². The number of rotatable bonds is 2. The lowest BCUT2D eigenvalue weighted by molar-refractivity contribution is 0.0171. The molecule has 2 heterocycles. The molecule has 23 heavy (non-hydrogen) atoms. The number of amides is 2. The van der Waals surface area contributed by atoms with Gasteiger partial charge in [0, 0.05) is 18.7 Å². The zero-order valence-corrected chi connectivity index (χ0v) is 13.5. The van der Waals surface area contributed by atoms with Crippen LogP contribution in [0.5, 0.6) is 0 Å². The Kier molecular flexibility index (Phi) is 3.81. The molecule has 1 atom stereocenters. The van der Waals surface area contributed by atoms with Crippen LogP contribution in [0.4, 0.5) is 10.5 Å². The van der Waals surface area contributed by atoms with Gasteiger partial charge >= 0.3 is 6.03 Å². The number of carbonyl (C=O) groups excluding carboxylic acids is 1. The van der Waals surface area contributed by atoms with Crippen molar-refractivity contribution < 1.29 is 14.4 Å². The Balaban J connectivity index is 1.71. The monoisotopic (exact) mass is 316 g/mol. The van der Waals surface area contributed by atoms with E-state index in [4.69, 9.17) is 4.52 Å². The van der Waals surface area contributed by atoms with E-state index in [9.17, 15) is 9.90 Å². The summed E-state index contributed by atoms with van der Waals surface area (Å²) in [5.41, 5.74) is 1.64. The van der Waals surface area contributed by atoms with Crippen molar-refractivity contribution in [2.45, 2.75) is 32.8 Å². The third kappa shape index (κ3) is 2.92. The van der Waals surface area contributed by atoms with Gasteiger partial charge in [0.15, 0.2) is 11.4 Å². The molecule has 0 bridgehead atoms. The third-order valence-electron chi connectivity index (χ3n) is 4.31. The van der Waals surface area contributed by atoms with Crippen LogP contribution in [-0.4, -0.2) is 39.3 Å². The molecule has 2 aromatic rings. The molecule has 1 saturated heterocycles. The lowest BCUT2D eigenvalue weighted by atomic mass is 10.0. The number of aromatic nitrogens is 2. The number of β-amino-alcohol motifs (C(OH)–C–C–N with tert-alkyl or cyclic N) is 1. The molecule has 0 aliphatic carbocycles. The molecular weight excluding hydrogens is 296 g/mol. The van der Waals surface area contributed by atoms with Gasteiger partial charge in [0.25, 0.3) is 5.89 Å². The second-order valence-corrected chi connectivity index (χ2v) is 6.03. The van der Waals surface area contributed by atoms with Gasteiger partial charge in [-0.3, -0.25) is 0 Å². The number of hydrogen-bond acceptors (Lipinski definition) is 5. The second-order valence-electron chi connectivity index (χ2n) is 6.03. The average molecular weight is 316 g/mol. The largest absolute Gasteiger partial charge is 0.378 e. The highest BCUT2D eigenvalue weighted by Gasteiger charge is 2.44. The minimum Gasteiger partial charge on any atom is -0.378 e. The lowest BCUT2D eigenvalue weighted by Gasteiger charge is -2.21. The van der Waals surface area contributed by atoms with Gasteiger partial charge < -0.3 is 19.8 Å². The molecule has 1 aromatic carbocycles. The van der Waals surface area contributed by atoms with Crippen LogP contribution in [0.3, 0.4) is 0 Å². The highest BCUT2D eigenvalue weighted by atomic mass is 16.5. The summed E-state index contributed by atoms with van der Waals surface area (Å²) >= 11 is 0. The molecule has 7 heteroatoms. The fraction of sp³-hybridized carbons (Fsp3) is 0.438. The van der Waals surface area contributed by atoms with Crippen LogP contribution in [-0.2, 0) is 5.60 Å². The van der Waals surface area contributed by atoms with Crippen LogP contribution in [0.2, 0.25) is 0 Å². The van der Waals surface area contributed by atoms with Crippen LogP contribution in [0.15, 0.2) is 22.7 Å². The maximum Gasteiger partial charge on any atom is 0.321 e. The molecule has 2 amide bonds. The van der Waals surface area contributed by atoms with E-state index in [0.717, 1.165) is 16.8 Å². The quantitative estimate of drug-likeness (QED) is 0.885. The van der Waals surface area contributed by atoms with Crippen molar-refractivity contribution >= 4 is 11.7 Å². The molecule has 2 N–H and O–H groups in total. The molecule has 0 spiro atoms. The zero-order valence-electron chi connectivity index (χ0n) is 13.5. The van der Waals surface area contributed by atoms with Crippen LogP contribution in [0, 0.1) is 20.8 Å². The summed E-state index contributed by atoms with van der Waals surface area (Å²) in [7, 11) is 0. The first-order valence-corrected chi connectivity index (χ1v) is 7.54. The Bertz CT molecular complexity index is 743. The molecule has 7 nitrogen and oxygen atoms in total. The van der Waals surface area contributed by atoms with Crippen molar-refractivity contribution in [1.82, 2.24) is 15.0 Å². The summed E-state index contributed by atoms with van der Waals surface area (Å²) in [5.74, 6) is 0.628. The van der Waals surface area contributed by atoms with Crippen molar-refractivity contribution in [3.63, 3.8) is 0 Å². The van der Waals surface area contributed by atoms with Gasteiger partial charge in [-0.25, -0.2) is 4.79 Å². The van der Waals surface area contributed by atoms with Gasteiger partial charge in [0.05, 0.1) is 6.54 Å². The molecule has 0 saturated carbocycles. The topological polar surface area (TPSA) is 91.5 Å². The highest BCUT2D eigenvalue weighted by Crippen LogP contribution is 2.31. The van der Waals surface area contributed by atoms with E-state index in [0.29, 0.717) is 18.8 Å². The van der Waals surface area contributed by atoms with Crippen LogP contribution in [0.25, 0.3) is 0 Å². The van der Waals surface area contributed by atoms with E-state index in [1.54, 1.807) is 11.8 Å². The minimum atomic E-state index is -1.28. The molecule has 1 aliphatic heterocycles. The first-order chi connectivity index (χ1) is 10.9. The predicted octanol–water partition coefficient (Wildman–Crippen LogP) is 2.12. The third-order valence-corrected chi connectivity index (χ3v) is 4.31. The highest BCUT2D eigenvalue weighted by molar-refractivity contribution is 5.90. The smallest absolute Gasteiger partial charge is 0.321 e. The number of aryl methyl sites for hydroxylation is 2. The molecule has 0 radical (unpaired) electrons. The number of likely N-dealkylation sites (tertiary alicyclic amines) is 1. The molecule has 0 unspecified atom stereocenters. The first kappa shape index (κ1) is 15.5. The van der Waals surface area contributed by atoms with Crippen molar-refractivity contribution in [1.29, 1.82) is 0 Å². The van der Waals surface area contributed by atoms with Crippen LogP contribution in [0.1, 0.15) is 29.3 Å². The average Bonchev–Trinajstić information content (AvgIpc) is 3.11. The standard InChI is InChI=1S/C16H20N4O3/c1-10-5-4-6-13(11(10)2)18-15(21)20-8-7-16(22,9-20)14-17-12(3)19-23-14/h4-6,22H,7-9H2,1-3H3,(H,18,21)/t16-/m0/s1. The number of urea groups is 1. The molecule has 1 fully saturated rings. The Labute approximate surface area is 134 Å². The molecule has 1 aromatic heterocycles. The zero-order chi connectivity index (χ0) is 16.6. The van der Waals surface area contributed by atoms with Gasteiger partial charge in [-0.15, -0.1) is 0 Å². The van der Waals surface area contributed by atoms with Crippen molar-refractivity contribution in [2.75, 3.05) is 18.4 Å². The van der Waals surface area contributed by atoms with Crippen molar-refractivity contribution in [3.8, 4) is 0 Å². The van der Waals surface area contributed by atoms with E-state index in [2.05, 4.69) is 15.5 Å². The lowest BCUT2D eigenvalue weighted by Crippen LogP contribution is -2.37. The maximum atomic E-state index is 12.4. The first-order valence-electron chi connectivity index (χ1n) is 7.54. The molecule has 3 rings (SSSR count). The fourth-order valence-corrected chi connectivity index (χ4v) is 2.71. The SMILES string of the molecule is Cc1noc([C@]2(O)CCN(C(=O)Nc3cccc(C)c3C)C2)n1.